The zero-order chi connectivity index (χ0) is 17.6. The maximum Gasteiger partial charge on any atom is 0.159 e. The summed E-state index contributed by atoms with van der Waals surface area (Å²) in [6, 6.07) is 7.94. The monoisotopic (exact) mass is 344 g/mol. The van der Waals surface area contributed by atoms with Crippen molar-refractivity contribution in [2.75, 3.05) is 13.1 Å². The van der Waals surface area contributed by atoms with E-state index in [9.17, 15) is 13.9 Å². The van der Waals surface area contributed by atoms with E-state index in [0.29, 0.717) is 12.5 Å². The van der Waals surface area contributed by atoms with E-state index >= 15 is 0 Å². The normalized spacial score (nSPS) is 29.1. The van der Waals surface area contributed by atoms with Crippen LogP contribution < -0.4 is 0 Å². The molecule has 4 rings (SSSR count). The van der Waals surface area contributed by atoms with Crippen LogP contribution in [-0.4, -0.2) is 28.1 Å². The van der Waals surface area contributed by atoms with Crippen LogP contribution >= 0.6 is 0 Å². The molecule has 0 bridgehead atoms. The molecule has 1 saturated carbocycles. The summed E-state index contributed by atoms with van der Waals surface area (Å²) in [5, 5.41) is 11.4. The van der Waals surface area contributed by atoms with Gasteiger partial charge in [-0.3, -0.25) is 9.88 Å². The number of aromatic nitrogens is 1. The standard InChI is InChI=1S/C20H22F2N2O/c1-13-3-2-8-23-19(13)20(25)7-6-15-11-24(12-16(15)20)10-14-4-5-17(21)18(22)9-14/h2-5,8-9,15-16,25H,6-7,10-12H2,1H3/t15-,16+,20-/m0/s1. The summed E-state index contributed by atoms with van der Waals surface area (Å²) in [5.41, 5.74) is 1.68. The first-order chi connectivity index (χ1) is 12.0. The molecule has 132 valence electrons. The molecular formula is C20H22F2N2O. The number of pyridine rings is 1. The molecule has 1 aromatic heterocycles. The molecule has 1 aromatic carbocycles. The molecule has 0 spiro atoms. The molecular weight excluding hydrogens is 322 g/mol. The Kier molecular flexibility index (Phi) is 4.08. The largest absolute Gasteiger partial charge is 0.383 e. The van der Waals surface area contributed by atoms with Gasteiger partial charge in [0.05, 0.1) is 5.69 Å². The van der Waals surface area contributed by atoms with Crippen molar-refractivity contribution in [1.29, 1.82) is 0 Å². The highest BCUT2D eigenvalue weighted by Crippen LogP contribution is 2.50. The minimum Gasteiger partial charge on any atom is -0.383 e. The molecule has 1 aliphatic carbocycles. The lowest BCUT2D eigenvalue weighted by Gasteiger charge is -2.31. The first-order valence-electron chi connectivity index (χ1n) is 8.78. The Morgan fingerprint density at radius 3 is 2.84 bits per heavy atom. The van der Waals surface area contributed by atoms with Crippen molar-refractivity contribution in [3.8, 4) is 0 Å². The van der Waals surface area contributed by atoms with Crippen molar-refractivity contribution in [3.63, 3.8) is 0 Å². The number of hydrogen-bond donors (Lipinski definition) is 1. The highest BCUT2D eigenvalue weighted by molar-refractivity contribution is 5.27. The van der Waals surface area contributed by atoms with Gasteiger partial charge in [-0.25, -0.2) is 8.78 Å². The van der Waals surface area contributed by atoms with Gasteiger partial charge in [0.1, 0.15) is 5.60 Å². The molecule has 0 unspecified atom stereocenters. The fraction of sp³-hybridized carbons (Fsp3) is 0.450. The van der Waals surface area contributed by atoms with E-state index in [1.54, 1.807) is 12.3 Å². The summed E-state index contributed by atoms with van der Waals surface area (Å²) < 4.78 is 26.5. The van der Waals surface area contributed by atoms with Crippen molar-refractivity contribution in [2.45, 2.75) is 31.9 Å². The van der Waals surface area contributed by atoms with Crippen LogP contribution in [0.2, 0.25) is 0 Å². The molecule has 2 aliphatic rings. The predicted molar refractivity (Wildman–Crippen MR) is 90.7 cm³/mol. The highest BCUT2D eigenvalue weighted by Gasteiger charge is 2.53. The smallest absolute Gasteiger partial charge is 0.159 e. The number of nitrogens with zero attached hydrogens (tertiary/aromatic N) is 2. The van der Waals surface area contributed by atoms with Gasteiger partial charge in [0, 0.05) is 31.7 Å². The third-order valence-corrected chi connectivity index (χ3v) is 5.84. The van der Waals surface area contributed by atoms with Gasteiger partial charge in [-0.05, 0) is 55.0 Å². The summed E-state index contributed by atoms with van der Waals surface area (Å²) >= 11 is 0. The second-order valence-electron chi connectivity index (χ2n) is 7.44. The van der Waals surface area contributed by atoms with E-state index in [4.69, 9.17) is 0 Å². The second kappa shape index (κ2) is 6.15. The Balaban J connectivity index is 1.53. The number of hydrogen-bond acceptors (Lipinski definition) is 3. The molecule has 0 radical (unpaired) electrons. The number of halogens is 2. The van der Waals surface area contributed by atoms with Crippen molar-refractivity contribution in [1.82, 2.24) is 9.88 Å². The van der Waals surface area contributed by atoms with E-state index in [1.807, 2.05) is 19.1 Å². The van der Waals surface area contributed by atoms with Gasteiger partial charge in [0.2, 0.25) is 0 Å². The summed E-state index contributed by atoms with van der Waals surface area (Å²) in [6.07, 6.45) is 3.44. The second-order valence-corrected chi connectivity index (χ2v) is 7.44. The fourth-order valence-corrected chi connectivity index (χ4v) is 4.64. The van der Waals surface area contributed by atoms with Crippen LogP contribution in [0.1, 0.15) is 29.7 Å². The maximum atomic E-state index is 13.4. The van der Waals surface area contributed by atoms with Gasteiger partial charge in [-0.15, -0.1) is 0 Å². The SMILES string of the molecule is Cc1cccnc1[C@]1(O)CC[C@H]2CN(Cc3ccc(F)c(F)c3)C[C@H]21. The summed E-state index contributed by atoms with van der Waals surface area (Å²) in [4.78, 5) is 6.69. The van der Waals surface area contributed by atoms with Gasteiger partial charge >= 0.3 is 0 Å². The van der Waals surface area contributed by atoms with Crippen LogP contribution in [0.4, 0.5) is 8.78 Å². The van der Waals surface area contributed by atoms with E-state index < -0.39 is 17.2 Å². The Morgan fingerprint density at radius 1 is 1.24 bits per heavy atom. The Labute approximate surface area is 146 Å². The van der Waals surface area contributed by atoms with Crippen LogP contribution in [0, 0.1) is 30.4 Å². The first kappa shape index (κ1) is 16.6. The van der Waals surface area contributed by atoms with Crippen molar-refractivity contribution in [3.05, 3.63) is 65.0 Å². The lowest BCUT2D eigenvalue weighted by Crippen LogP contribution is -2.36. The minimum atomic E-state index is -0.890. The average Bonchev–Trinajstić information content (AvgIpc) is 3.12. The first-order valence-corrected chi connectivity index (χ1v) is 8.78. The maximum absolute atomic E-state index is 13.4. The number of aliphatic hydroxyl groups is 1. The molecule has 1 N–H and O–H groups in total. The van der Waals surface area contributed by atoms with Gasteiger partial charge in [-0.1, -0.05) is 12.1 Å². The van der Waals surface area contributed by atoms with Gasteiger partial charge in [-0.2, -0.15) is 0 Å². The summed E-state index contributed by atoms with van der Waals surface area (Å²) in [6.45, 7) is 4.18. The molecule has 0 amide bonds. The lowest BCUT2D eigenvalue weighted by molar-refractivity contribution is -0.0114. The van der Waals surface area contributed by atoms with Gasteiger partial charge < -0.3 is 5.11 Å². The average molecular weight is 344 g/mol. The molecule has 2 fully saturated rings. The Hall–Kier alpha value is -1.85. The fourth-order valence-electron chi connectivity index (χ4n) is 4.64. The number of likely N-dealkylation sites (tertiary alicyclic amines) is 1. The number of rotatable bonds is 3. The molecule has 2 aromatic rings. The zero-order valence-electron chi connectivity index (χ0n) is 14.3. The van der Waals surface area contributed by atoms with Crippen molar-refractivity contribution < 1.29 is 13.9 Å². The van der Waals surface area contributed by atoms with Gasteiger partial charge in [0.15, 0.2) is 11.6 Å². The summed E-state index contributed by atoms with van der Waals surface area (Å²) in [5.74, 6) is -1.08. The molecule has 3 nitrogen and oxygen atoms in total. The van der Waals surface area contributed by atoms with Crippen LogP contribution in [-0.2, 0) is 12.1 Å². The molecule has 25 heavy (non-hydrogen) atoms. The molecule has 3 atom stereocenters. The molecule has 5 heteroatoms. The summed E-state index contributed by atoms with van der Waals surface area (Å²) in [7, 11) is 0. The van der Waals surface area contributed by atoms with E-state index in [-0.39, 0.29) is 5.92 Å². The van der Waals surface area contributed by atoms with Crippen molar-refractivity contribution in [2.24, 2.45) is 11.8 Å². The lowest BCUT2D eigenvalue weighted by atomic mass is 9.83. The number of benzene rings is 1. The Bertz CT molecular complexity index is 797. The third-order valence-electron chi connectivity index (χ3n) is 5.84. The van der Waals surface area contributed by atoms with E-state index in [1.165, 1.54) is 12.1 Å². The highest BCUT2D eigenvalue weighted by atomic mass is 19.2. The minimum absolute atomic E-state index is 0.131. The third kappa shape index (κ3) is 2.85. The van der Waals surface area contributed by atoms with Crippen LogP contribution in [0.25, 0.3) is 0 Å². The topological polar surface area (TPSA) is 36.4 Å². The number of fused-ring (bicyclic) bond motifs is 1. The quantitative estimate of drug-likeness (QED) is 0.927. The van der Waals surface area contributed by atoms with Crippen LogP contribution in [0.5, 0.6) is 0 Å². The Morgan fingerprint density at radius 2 is 2.08 bits per heavy atom. The number of aryl methyl sites for hydroxylation is 1. The van der Waals surface area contributed by atoms with E-state index in [0.717, 1.165) is 42.8 Å². The zero-order valence-corrected chi connectivity index (χ0v) is 14.3. The molecule has 1 aliphatic heterocycles. The van der Waals surface area contributed by atoms with Crippen LogP contribution in [0.3, 0.4) is 0 Å². The van der Waals surface area contributed by atoms with Gasteiger partial charge in [0.25, 0.3) is 0 Å². The van der Waals surface area contributed by atoms with Crippen molar-refractivity contribution >= 4 is 0 Å². The predicted octanol–water partition coefficient (Wildman–Crippen LogP) is 3.40. The van der Waals surface area contributed by atoms with E-state index in [2.05, 4.69) is 9.88 Å². The molecule has 2 heterocycles. The van der Waals surface area contributed by atoms with Crippen LogP contribution in [0.15, 0.2) is 36.5 Å². The molecule has 1 saturated heterocycles.